The summed E-state index contributed by atoms with van der Waals surface area (Å²) in [4.78, 5) is 15.7. The number of hydrogen-bond donors (Lipinski definition) is 3. The first-order chi connectivity index (χ1) is 8.15. The third kappa shape index (κ3) is 2.75. The second kappa shape index (κ2) is 4.56. The number of benzene rings is 1. The fourth-order valence-electron chi connectivity index (χ4n) is 1.45. The molecule has 1 aromatic carbocycles. The van der Waals surface area contributed by atoms with E-state index >= 15 is 0 Å². The first-order valence-corrected chi connectivity index (χ1v) is 5.05. The van der Waals surface area contributed by atoms with Crippen LogP contribution >= 0.6 is 0 Å². The van der Waals surface area contributed by atoms with Gasteiger partial charge in [-0.15, -0.1) is 0 Å². The molecule has 6 heteroatoms. The fraction of sp³-hybridized carbons (Fsp3) is 0.0909. The van der Waals surface area contributed by atoms with Gasteiger partial charge in [0.15, 0.2) is 0 Å². The highest BCUT2D eigenvalue weighted by atomic mass is 16.1. The molecule has 1 amide bonds. The van der Waals surface area contributed by atoms with Crippen LogP contribution in [-0.4, -0.2) is 15.5 Å². The van der Waals surface area contributed by atoms with Crippen molar-refractivity contribution in [2.24, 2.45) is 0 Å². The van der Waals surface area contributed by atoms with Crippen molar-refractivity contribution in [3.63, 3.8) is 0 Å². The van der Waals surface area contributed by atoms with Crippen LogP contribution < -0.4 is 16.8 Å². The quantitative estimate of drug-likeness (QED) is 0.667. The lowest BCUT2D eigenvalue weighted by molar-refractivity contribution is 0.0942. The monoisotopic (exact) mass is 231 g/mol. The summed E-state index contributed by atoms with van der Waals surface area (Å²) >= 11 is 0. The highest BCUT2D eigenvalue weighted by Gasteiger charge is 2.06. The van der Waals surface area contributed by atoms with Gasteiger partial charge in [-0.3, -0.25) is 4.79 Å². The molecule has 0 radical (unpaired) electrons. The highest BCUT2D eigenvalue weighted by Crippen LogP contribution is 2.13. The maximum Gasteiger partial charge on any atom is 0.252 e. The first kappa shape index (κ1) is 11.0. The van der Waals surface area contributed by atoms with Gasteiger partial charge in [-0.2, -0.15) is 0 Å². The Morgan fingerprint density at radius 1 is 1.29 bits per heavy atom. The Bertz CT molecular complexity index is 500. The number of rotatable bonds is 3. The lowest BCUT2D eigenvalue weighted by atomic mass is 10.1. The van der Waals surface area contributed by atoms with Crippen LogP contribution in [0, 0.1) is 0 Å². The van der Waals surface area contributed by atoms with Crippen molar-refractivity contribution in [2.75, 3.05) is 11.5 Å². The minimum atomic E-state index is -0.224. The number of amides is 1. The van der Waals surface area contributed by atoms with E-state index in [1.54, 1.807) is 41.5 Å². The molecule has 0 aliphatic carbocycles. The van der Waals surface area contributed by atoms with Crippen LogP contribution in [0.4, 0.5) is 11.4 Å². The van der Waals surface area contributed by atoms with E-state index in [1.807, 2.05) is 0 Å². The number of carbonyl (C=O) groups excluding carboxylic acids is 1. The molecule has 0 spiro atoms. The van der Waals surface area contributed by atoms with Crippen molar-refractivity contribution in [1.82, 2.24) is 14.9 Å². The molecule has 0 fully saturated rings. The van der Waals surface area contributed by atoms with E-state index in [4.69, 9.17) is 11.5 Å². The Kier molecular flexibility index (Phi) is 2.95. The van der Waals surface area contributed by atoms with Crippen LogP contribution in [0.2, 0.25) is 0 Å². The lowest BCUT2D eigenvalue weighted by Crippen LogP contribution is -2.25. The zero-order valence-electron chi connectivity index (χ0n) is 9.13. The summed E-state index contributed by atoms with van der Waals surface area (Å²) < 4.78 is 1.74. The van der Waals surface area contributed by atoms with Crippen LogP contribution in [-0.2, 0) is 6.67 Å². The molecule has 0 atom stereocenters. The van der Waals surface area contributed by atoms with Gasteiger partial charge < -0.3 is 21.4 Å². The molecule has 1 heterocycles. The summed E-state index contributed by atoms with van der Waals surface area (Å²) in [6, 6.07) is 4.77. The molecule has 0 bridgehead atoms. The topological polar surface area (TPSA) is 99.0 Å². The molecule has 5 N–H and O–H groups in total. The van der Waals surface area contributed by atoms with Crippen molar-refractivity contribution in [2.45, 2.75) is 6.67 Å². The van der Waals surface area contributed by atoms with Crippen LogP contribution in [0.1, 0.15) is 10.4 Å². The van der Waals surface area contributed by atoms with Crippen molar-refractivity contribution in [3.05, 3.63) is 42.5 Å². The number of carbonyl (C=O) groups is 1. The van der Waals surface area contributed by atoms with Gasteiger partial charge in [0.05, 0.1) is 13.0 Å². The predicted octanol–water partition coefficient (Wildman–Crippen LogP) is 0.435. The van der Waals surface area contributed by atoms with Gasteiger partial charge in [0.1, 0.15) is 0 Å². The SMILES string of the molecule is Nc1cc(N)cc(C(=O)NCn2ccnc2)c1. The molecular formula is C11H13N5O. The Balaban J connectivity index is 2.04. The average molecular weight is 231 g/mol. The van der Waals surface area contributed by atoms with Gasteiger partial charge in [0.2, 0.25) is 0 Å². The predicted molar refractivity (Wildman–Crippen MR) is 65.0 cm³/mol. The molecule has 6 nitrogen and oxygen atoms in total. The van der Waals surface area contributed by atoms with Crippen LogP contribution in [0.15, 0.2) is 36.9 Å². The summed E-state index contributed by atoms with van der Waals surface area (Å²) in [5.74, 6) is -0.224. The van der Waals surface area contributed by atoms with Crippen LogP contribution in [0.5, 0.6) is 0 Å². The standard InChI is InChI=1S/C11H13N5O/c12-9-3-8(4-10(13)5-9)11(17)15-7-16-2-1-14-6-16/h1-6H,7,12-13H2,(H,15,17). The van der Waals surface area contributed by atoms with E-state index in [0.29, 0.717) is 23.6 Å². The van der Waals surface area contributed by atoms with E-state index in [1.165, 1.54) is 0 Å². The van der Waals surface area contributed by atoms with Gasteiger partial charge in [0, 0.05) is 29.3 Å². The largest absolute Gasteiger partial charge is 0.399 e. The number of nitrogens with two attached hydrogens (primary N) is 2. The number of nitrogens with one attached hydrogen (secondary N) is 1. The number of nitrogens with zero attached hydrogens (tertiary/aromatic N) is 2. The maximum atomic E-state index is 11.8. The van der Waals surface area contributed by atoms with Crippen molar-refractivity contribution in [1.29, 1.82) is 0 Å². The zero-order chi connectivity index (χ0) is 12.3. The molecule has 0 aliphatic heterocycles. The third-order valence-corrected chi connectivity index (χ3v) is 2.22. The molecule has 2 rings (SSSR count). The van der Waals surface area contributed by atoms with Crippen LogP contribution in [0.3, 0.4) is 0 Å². The second-order valence-electron chi connectivity index (χ2n) is 3.63. The lowest BCUT2D eigenvalue weighted by Gasteiger charge is -2.07. The normalized spacial score (nSPS) is 10.1. The number of hydrogen-bond acceptors (Lipinski definition) is 4. The number of imidazole rings is 1. The summed E-state index contributed by atoms with van der Waals surface area (Å²) in [6.45, 7) is 0.355. The molecule has 0 saturated heterocycles. The molecule has 0 saturated carbocycles. The Labute approximate surface area is 98.2 Å². The summed E-state index contributed by atoms with van der Waals surface area (Å²) in [5.41, 5.74) is 12.6. The fourth-order valence-corrected chi connectivity index (χ4v) is 1.45. The molecule has 0 unspecified atom stereocenters. The van der Waals surface area contributed by atoms with E-state index in [0.717, 1.165) is 0 Å². The Morgan fingerprint density at radius 3 is 2.59 bits per heavy atom. The molecule has 17 heavy (non-hydrogen) atoms. The number of anilines is 2. The van der Waals surface area contributed by atoms with Crippen LogP contribution in [0.25, 0.3) is 0 Å². The molecule has 1 aromatic heterocycles. The van der Waals surface area contributed by atoms with E-state index < -0.39 is 0 Å². The Morgan fingerprint density at radius 2 is 2.00 bits per heavy atom. The second-order valence-corrected chi connectivity index (χ2v) is 3.63. The Hall–Kier alpha value is -2.50. The summed E-state index contributed by atoms with van der Waals surface area (Å²) in [7, 11) is 0. The van der Waals surface area contributed by atoms with Crippen molar-refractivity contribution >= 4 is 17.3 Å². The number of aromatic nitrogens is 2. The average Bonchev–Trinajstić information content (AvgIpc) is 2.77. The van der Waals surface area contributed by atoms with E-state index in [-0.39, 0.29) is 5.91 Å². The van der Waals surface area contributed by atoms with Crippen molar-refractivity contribution < 1.29 is 4.79 Å². The van der Waals surface area contributed by atoms with Gasteiger partial charge >= 0.3 is 0 Å². The minimum Gasteiger partial charge on any atom is -0.399 e. The van der Waals surface area contributed by atoms with Gasteiger partial charge in [-0.25, -0.2) is 4.98 Å². The third-order valence-electron chi connectivity index (χ3n) is 2.22. The number of nitrogen functional groups attached to an aromatic ring is 2. The van der Waals surface area contributed by atoms with E-state index in [9.17, 15) is 4.79 Å². The summed E-state index contributed by atoms with van der Waals surface area (Å²) in [6.07, 6.45) is 5.02. The molecular weight excluding hydrogens is 218 g/mol. The summed E-state index contributed by atoms with van der Waals surface area (Å²) in [5, 5.41) is 2.73. The molecule has 0 aliphatic rings. The smallest absolute Gasteiger partial charge is 0.252 e. The van der Waals surface area contributed by atoms with Gasteiger partial charge in [0.25, 0.3) is 5.91 Å². The van der Waals surface area contributed by atoms with Gasteiger partial charge in [-0.1, -0.05) is 0 Å². The van der Waals surface area contributed by atoms with E-state index in [2.05, 4.69) is 10.3 Å². The van der Waals surface area contributed by atoms with Crippen molar-refractivity contribution in [3.8, 4) is 0 Å². The minimum absolute atomic E-state index is 0.224. The highest BCUT2D eigenvalue weighted by molar-refractivity contribution is 5.95. The first-order valence-electron chi connectivity index (χ1n) is 5.05. The molecule has 88 valence electrons. The molecule has 2 aromatic rings. The zero-order valence-corrected chi connectivity index (χ0v) is 9.13. The maximum absolute atomic E-state index is 11.8. The van der Waals surface area contributed by atoms with Gasteiger partial charge in [-0.05, 0) is 18.2 Å².